The molecular weight excluding hydrogens is 330 g/mol. The number of hydrogen-bond acceptors (Lipinski definition) is 7. The number of carbonyl (C=O) groups excluding carboxylic acids is 1. The van der Waals surface area contributed by atoms with Gasteiger partial charge in [-0.05, 0) is 33.8 Å². The van der Waals surface area contributed by atoms with Gasteiger partial charge >= 0.3 is 12.2 Å². The van der Waals surface area contributed by atoms with Gasteiger partial charge in [0.25, 0.3) is 11.9 Å². The van der Waals surface area contributed by atoms with Crippen molar-refractivity contribution in [1.82, 2.24) is 30.0 Å². The maximum atomic E-state index is 11.9. The van der Waals surface area contributed by atoms with E-state index in [0.717, 1.165) is 0 Å². The van der Waals surface area contributed by atoms with E-state index in [1.807, 2.05) is 0 Å². The predicted molar refractivity (Wildman–Crippen MR) is 86.4 cm³/mol. The zero-order valence-corrected chi connectivity index (χ0v) is 14.2. The normalized spacial score (nSPS) is 12.3. The fourth-order valence-corrected chi connectivity index (χ4v) is 1.85. The molecule has 0 fully saturated rings. The van der Waals surface area contributed by atoms with Crippen LogP contribution < -0.4 is 10.6 Å². The van der Waals surface area contributed by atoms with Crippen molar-refractivity contribution in [1.29, 1.82) is 0 Å². The lowest BCUT2D eigenvalue weighted by Crippen LogP contribution is -2.35. The average molecular weight is 349 g/mol. The first-order chi connectivity index (χ1) is 11.7. The van der Waals surface area contributed by atoms with E-state index in [4.69, 9.17) is 9.84 Å². The number of aromatic nitrogens is 5. The number of amides is 2. The molecule has 2 rings (SSSR count). The monoisotopic (exact) mass is 349 g/mol. The standard InChI is InChI=1S/C14H19N7O4/c1-8(17-13(24)25-14(2,3)4)9-18-10(19-12(22)23)20-21(9)11-15-6-5-7-16-11/h5-8H,1-4H3,(H,17,24)(H,19,20)(H,22,23). The SMILES string of the molecule is CC(NC(=O)OC(C)(C)C)c1nc(NC(=O)O)nn1-c1ncccn1. The Labute approximate surface area is 143 Å². The lowest BCUT2D eigenvalue weighted by atomic mass is 10.2. The topological polar surface area (TPSA) is 144 Å². The van der Waals surface area contributed by atoms with Crippen molar-refractivity contribution < 1.29 is 19.4 Å². The second-order valence-electron chi connectivity index (χ2n) is 6.05. The van der Waals surface area contributed by atoms with Gasteiger partial charge in [-0.1, -0.05) is 0 Å². The highest BCUT2D eigenvalue weighted by Gasteiger charge is 2.24. The van der Waals surface area contributed by atoms with Crippen molar-refractivity contribution in [3.8, 4) is 5.95 Å². The van der Waals surface area contributed by atoms with Crippen molar-refractivity contribution in [2.45, 2.75) is 39.3 Å². The van der Waals surface area contributed by atoms with Gasteiger partial charge in [0.05, 0.1) is 6.04 Å². The van der Waals surface area contributed by atoms with Crippen LogP contribution in [0.1, 0.15) is 39.6 Å². The summed E-state index contributed by atoms with van der Waals surface area (Å²) < 4.78 is 6.44. The van der Waals surface area contributed by atoms with Crippen LogP contribution in [0.15, 0.2) is 18.5 Å². The Hall–Kier alpha value is -3.24. The Morgan fingerprint density at radius 2 is 1.92 bits per heavy atom. The third kappa shape index (κ3) is 5.12. The average Bonchev–Trinajstić information content (AvgIpc) is 2.89. The zero-order valence-electron chi connectivity index (χ0n) is 14.2. The third-order valence-electron chi connectivity index (χ3n) is 2.71. The zero-order chi connectivity index (χ0) is 18.6. The van der Waals surface area contributed by atoms with Gasteiger partial charge in [0.1, 0.15) is 5.60 Å². The Balaban J connectivity index is 2.29. The van der Waals surface area contributed by atoms with Crippen molar-refractivity contribution in [2.75, 3.05) is 5.32 Å². The number of anilines is 1. The molecule has 0 aromatic carbocycles. The number of carboxylic acid groups (broad SMARTS) is 1. The van der Waals surface area contributed by atoms with Gasteiger partial charge in [-0.2, -0.15) is 9.67 Å². The smallest absolute Gasteiger partial charge is 0.411 e. The summed E-state index contributed by atoms with van der Waals surface area (Å²) in [5.41, 5.74) is -0.657. The van der Waals surface area contributed by atoms with Crippen LogP contribution in [-0.2, 0) is 4.74 Å². The van der Waals surface area contributed by atoms with Crippen LogP contribution in [0.25, 0.3) is 5.95 Å². The molecule has 2 aromatic rings. The van der Waals surface area contributed by atoms with E-state index in [2.05, 4.69) is 30.7 Å². The Morgan fingerprint density at radius 1 is 1.28 bits per heavy atom. The molecule has 2 heterocycles. The van der Waals surface area contributed by atoms with E-state index in [1.165, 1.54) is 17.1 Å². The van der Waals surface area contributed by atoms with E-state index in [9.17, 15) is 9.59 Å². The summed E-state index contributed by atoms with van der Waals surface area (Å²) in [6.45, 7) is 6.88. The molecule has 11 heteroatoms. The molecule has 0 radical (unpaired) electrons. The molecule has 25 heavy (non-hydrogen) atoms. The van der Waals surface area contributed by atoms with E-state index in [0.29, 0.717) is 0 Å². The molecule has 0 aliphatic heterocycles. The van der Waals surface area contributed by atoms with Crippen molar-refractivity contribution in [2.24, 2.45) is 0 Å². The van der Waals surface area contributed by atoms with E-state index >= 15 is 0 Å². The summed E-state index contributed by atoms with van der Waals surface area (Å²) in [6.07, 6.45) is 1.05. The summed E-state index contributed by atoms with van der Waals surface area (Å²) in [7, 11) is 0. The quantitative estimate of drug-likeness (QED) is 0.757. The minimum Gasteiger partial charge on any atom is -0.465 e. The molecule has 2 aromatic heterocycles. The Kier molecular flexibility index (Phi) is 5.15. The summed E-state index contributed by atoms with van der Waals surface area (Å²) in [5, 5.41) is 17.5. The number of rotatable bonds is 4. The van der Waals surface area contributed by atoms with Gasteiger partial charge in [-0.25, -0.2) is 19.6 Å². The Morgan fingerprint density at radius 3 is 2.48 bits per heavy atom. The molecule has 1 unspecified atom stereocenters. The maximum absolute atomic E-state index is 11.9. The maximum Gasteiger partial charge on any atom is 0.411 e. The second kappa shape index (κ2) is 7.11. The number of ether oxygens (including phenoxy) is 1. The van der Waals surface area contributed by atoms with Crippen LogP contribution in [-0.4, -0.2) is 47.6 Å². The first-order valence-electron chi connectivity index (χ1n) is 7.39. The van der Waals surface area contributed by atoms with Gasteiger partial charge in [0.15, 0.2) is 5.82 Å². The van der Waals surface area contributed by atoms with Gasteiger partial charge < -0.3 is 15.2 Å². The first kappa shape index (κ1) is 18.1. The molecule has 11 nitrogen and oxygen atoms in total. The molecular formula is C14H19N7O4. The highest BCUT2D eigenvalue weighted by atomic mass is 16.6. The molecule has 3 N–H and O–H groups in total. The largest absolute Gasteiger partial charge is 0.465 e. The third-order valence-corrected chi connectivity index (χ3v) is 2.71. The minimum absolute atomic E-state index is 0.159. The van der Waals surface area contributed by atoms with E-state index in [-0.39, 0.29) is 17.7 Å². The lowest BCUT2D eigenvalue weighted by Gasteiger charge is -2.21. The van der Waals surface area contributed by atoms with Crippen LogP contribution in [0.2, 0.25) is 0 Å². The fraction of sp³-hybridized carbons (Fsp3) is 0.429. The molecule has 134 valence electrons. The second-order valence-corrected chi connectivity index (χ2v) is 6.05. The van der Waals surface area contributed by atoms with Gasteiger partial charge in [0.2, 0.25) is 0 Å². The van der Waals surface area contributed by atoms with E-state index < -0.39 is 23.8 Å². The summed E-state index contributed by atoms with van der Waals surface area (Å²) in [4.78, 5) is 34.9. The molecule has 0 saturated carbocycles. The lowest BCUT2D eigenvalue weighted by molar-refractivity contribution is 0.0505. The molecule has 2 amide bonds. The number of hydrogen-bond donors (Lipinski definition) is 3. The van der Waals surface area contributed by atoms with Crippen LogP contribution in [0.5, 0.6) is 0 Å². The predicted octanol–water partition coefficient (Wildman–Crippen LogP) is 1.73. The first-order valence-corrected chi connectivity index (χ1v) is 7.39. The van der Waals surface area contributed by atoms with Gasteiger partial charge in [0, 0.05) is 12.4 Å². The molecule has 0 aliphatic rings. The number of alkyl carbamates (subject to hydrolysis) is 1. The fourth-order valence-electron chi connectivity index (χ4n) is 1.85. The minimum atomic E-state index is -1.31. The number of carbonyl (C=O) groups is 2. The van der Waals surface area contributed by atoms with Crippen molar-refractivity contribution in [3.05, 3.63) is 24.3 Å². The van der Waals surface area contributed by atoms with Gasteiger partial charge in [-0.15, -0.1) is 5.10 Å². The molecule has 0 aliphatic carbocycles. The molecule has 0 spiro atoms. The number of nitrogens with one attached hydrogen (secondary N) is 2. The molecule has 1 atom stereocenters. The van der Waals surface area contributed by atoms with Crippen LogP contribution in [0, 0.1) is 0 Å². The molecule has 0 bridgehead atoms. The Bertz CT molecular complexity index is 754. The highest BCUT2D eigenvalue weighted by molar-refractivity contribution is 5.80. The van der Waals surface area contributed by atoms with Crippen LogP contribution in [0.3, 0.4) is 0 Å². The highest BCUT2D eigenvalue weighted by Crippen LogP contribution is 2.17. The summed E-state index contributed by atoms with van der Waals surface area (Å²) >= 11 is 0. The van der Waals surface area contributed by atoms with Crippen LogP contribution in [0.4, 0.5) is 15.5 Å². The summed E-state index contributed by atoms with van der Waals surface area (Å²) in [6, 6.07) is 0.981. The van der Waals surface area contributed by atoms with Crippen molar-refractivity contribution >= 4 is 18.1 Å². The van der Waals surface area contributed by atoms with Crippen molar-refractivity contribution in [3.63, 3.8) is 0 Å². The van der Waals surface area contributed by atoms with E-state index in [1.54, 1.807) is 33.8 Å². The summed E-state index contributed by atoms with van der Waals surface area (Å²) in [5.74, 6) is 0.259. The van der Waals surface area contributed by atoms with Gasteiger partial charge in [-0.3, -0.25) is 5.32 Å². The van der Waals surface area contributed by atoms with Crippen LogP contribution >= 0.6 is 0 Å². The molecule has 0 saturated heterocycles. The number of nitrogens with zero attached hydrogens (tertiary/aromatic N) is 5.